The third kappa shape index (κ3) is 4.26. The summed E-state index contributed by atoms with van der Waals surface area (Å²) in [7, 11) is 1.32. The zero-order valence-electron chi connectivity index (χ0n) is 12.3. The number of hydrogen-bond acceptors (Lipinski definition) is 4. The van der Waals surface area contributed by atoms with E-state index < -0.39 is 5.97 Å². The predicted octanol–water partition coefficient (Wildman–Crippen LogP) is 3.84. The van der Waals surface area contributed by atoms with Crippen LogP contribution in [0.4, 0.5) is 16.2 Å². The second-order valence-corrected chi connectivity index (χ2v) is 5.26. The molecule has 2 aromatic carbocycles. The molecular weight excluding hydrogens is 300 g/mol. The molecule has 2 rings (SSSR count). The summed E-state index contributed by atoms with van der Waals surface area (Å²) >= 11 is 1.60. The second-order valence-electron chi connectivity index (χ2n) is 4.38. The lowest BCUT2D eigenvalue weighted by atomic mass is 10.2. The first-order valence-corrected chi connectivity index (χ1v) is 7.75. The number of nitrogens with one attached hydrogen (secondary N) is 2. The van der Waals surface area contributed by atoms with E-state index in [9.17, 15) is 9.59 Å². The fourth-order valence-electron chi connectivity index (χ4n) is 1.80. The molecule has 0 atom stereocenters. The zero-order valence-corrected chi connectivity index (χ0v) is 13.1. The van der Waals surface area contributed by atoms with Gasteiger partial charge in [-0.3, -0.25) is 0 Å². The van der Waals surface area contributed by atoms with E-state index >= 15 is 0 Å². The van der Waals surface area contributed by atoms with Crippen molar-refractivity contribution in [3.05, 3.63) is 54.1 Å². The van der Waals surface area contributed by atoms with Crippen LogP contribution in [0.25, 0.3) is 0 Å². The lowest BCUT2D eigenvalue weighted by Crippen LogP contribution is -2.19. The highest BCUT2D eigenvalue weighted by Gasteiger charge is 2.06. The van der Waals surface area contributed by atoms with Crippen LogP contribution in [0.5, 0.6) is 0 Å². The lowest BCUT2D eigenvalue weighted by Gasteiger charge is -2.09. The Labute approximate surface area is 133 Å². The molecular formula is C16H16N2O3S. The number of ether oxygens (including phenoxy) is 1. The molecule has 0 fully saturated rings. The van der Waals surface area contributed by atoms with E-state index in [-0.39, 0.29) is 6.03 Å². The summed E-state index contributed by atoms with van der Waals surface area (Å²) in [6.07, 6.45) is 1.97. The number of benzene rings is 2. The van der Waals surface area contributed by atoms with E-state index in [1.54, 1.807) is 36.0 Å². The van der Waals surface area contributed by atoms with Gasteiger partial charge in [-0.1, -0.05) is 6.07 Å². The molecule has 0 saturated heterocycles. The van der Waals surface area contributed by atoms with Crippen LogP contribution >= 0.6 is 11.8 Å². The van der Waals surface area contributed by atoms with Gasteiger partial charge in [-0.05, 0) is 48.7 Å². The van der Waals surface area contributed by atoms with Gasteiger partial charge in [0.15, 0.2) is 0 Å². The Hall–Kier alpha value is -2.47. The molecule has 0 heterocycles. The van der Waals surface area contributed by atoms with Crippen LogP contribution in [0.1, 0.15) is 10.4 Å². The van der Waals surface area contributed by atoms with Crippen molar-refractivity contribution in [1.82, 2.24) is 0 Å². The summed E-state index contributed by atoms with van der Waals surface area (Å²) in [6, 6.07) is 13.7. The summed E-state index contributed by atoms with van der Waals surface area (Å²) in [4.78, 5) is 24.3. The average Bonchev–Trinajstić information content (AvgIpc) is 2.55. The van der Waals surface area contributed by atoms with Crippen molar-refractivity contribution in [2.45, 2.75) is 4.90 Å². The maximum atomic E-state index is 11.9. The minimum Gasteiger partial charge on any atom is -0.465 e. The lowest BCUT2D eigenvalue weighted by molar-refractivity contribution is 0.0601. The van der Waals surface area contributed by atoms with E-state index in [4.69, 9.17) is 0 Å². The quantitative estimate of drug-likeness (QED) is 0.664. The van der Waals surface area contributed by atoms with Crippen molar-refractivity contribution in [3.63, 3.8) is 0 Å². The molecule has 0 aliphatic carbocycles. The Balaban J connectivity index is 1.98. The SMILES string of the molecule is COC(=O)c1ccc(NC(=O)Nc2cccc(SC)c2)cc1. The van der Waals surface area contributed by atoms with Crippen molar-refractivity contribution in [3.8, 4) is 0 Å². The molecule has 6 heteroatoms. The first-order chi connectivity index (χ1) is 10.6. The molecule has 2 amide bonds. The number of thioether (sulfide) groups is 1. The Morgan fingerprint density at radius 3 is 2.32 bits per heavy atom. The summed E-state index contributed by atoms with van der Waals surface area (Å²) in [5, 5.41) is 5.46. The normalized spacial score (nSPS) is 9.91. The first-order valence-electron chi connectivity index (χ1n) is 6.53. The summed E-state index contributed by atoms with van der Waals surface area (Å²) in [5.74, 6) is -0.412. The highest BCUT2D eigenvalue weighted by Crippen LogP contribution is 2.19. The molecule has 0 aliphatic rings. The van der Waals surface area contributed by atoms with Gasteiger partial charge in [-0.2, -0.15) is 0 Å². The van der Waals surface area contributed by atoms with Crippen molar-refractivity contribution in [2.24, 2.45) is 0 Å². The second kappa shape index (κ2) is 7.51. The maximum Gasteiger partial charge on any atom is 0.337 e. The highest BCUT2D eigenvalue weighted by molar-refractivity contribution is 7.98. The minimum absolute atomic E-state index is 0.343. The molecule has 0 aliphatic heterocycles. The Bertz CT molecular complexity index is 671. The first kappa shape index (κ1) is 15.9. The van der Waals surface area contributed by atoms with Gasteiger partial charge in [-0.15, -0.1) is 11.8 Å². The van der Waals surface area contributed by atoms with E-state index in [0.29, 0.717) is 11.3 Å². The number of hydrogen-bond donors (Lipinski definition) is 2. The highest BCUT2D eigenvalue weighted by atomic mass is 32.2. The Kier molecular flexibility index (Phi) is 5.43. The third-order valence-electron chi connectivity index (χ3n) is 2.89. The van der Waals surface area contributed by atoms with Crippen LogP contribution in [0.3, 0.4) is 0 Å². The average molecular weight is 316 g/mol. The molecule has 5 nitrogen and oxygen atoms in total. The molecule has 0 aromatic heterocycles. The topological polar surface area (TPSA) is 67.4 Å². The van der Waals surface area contributed by atoms with Crippen LogP contribution in [0.15, 0.2) is 53.4 Å². The summed E-state index contributed by atoms with van der Waals surface area (Å²) < 4.78 is 4.62. The summed E-state index contributed by atoms with van der Waals surface area (Å²) in [5.41, 5.74) is 1.74. The fourth-order valence-corrected chi connectivity index (χ4v) is 2.26. The molecule has 0 spiro atoms. The number of rotatable bonds is 4. The molecule has 0 bridgehead atoms. The molecule has 22 heavy (non-hydrogen) atoms. The van der Waals surface area contributed by atoms with Crippen LogP contribution in [-0.2, 0) is 4.74 Å². The minimum atomic E-state index is -0.412. The molecule has 0 saturated carbocycles. The number of esters is 1. The molecule has 0 unspecified atom stereocenters. The van der Waals surface area contributed by atoms with Crippen LogP contribution in [-0.4, -0.2) is 25.4 Å². The smallest absolute Gasteiger partial charge is 0.337 e. The Morgan fingerprint density at radius 1 is 1.00 bits per heavy atom. The van der Waals surface area contributed by atoms with Crippen LogP contribution < -0.4 is 10.6 Å². The van der Waals surface area contributed by atoms with Crippen LogP contribution in [0.2, 0.25) is 0 Å². The van der Waals surface area contributed by atoms with Crippen LogP contribution in [0, 0.1) is 0 Å². The molecule has 2 aromatic rings. The number of amides is 2. The number of carbonyl (C=O) groups excluding carboxylic acids is 2. The van der Waals surface area contributed by atoms with E-state index in [2.05, 4.69) is 15.4 Å². The van der Waals surface area contributed by atoms with Crippen molar-refractivity contribution in [1.29, 1.82) is 0 Å². The maximum absolute atomic E-state index is 11.9. The van der Waals surface area contributed by atoms with Crippen molar-refractivity contribution in [2.75, 3.05) is 24.0 Å². The van der Waals surface area contributed by atoms with Gasteiger partial charge < -0.3 is 15.4 Å². The van der Waals surface area contributed by atoms with Gasteiger partial charge in [0.2, 0.25) is 0 Å². The van der Waals surface area contributed by atoms with E-state index in [1.807, 2.05) is 30.5 Å². The number of urea groups is 1. The fraction of sp³-hybridized carbons (Fsp3) is 0.125. The van der Waals surface area contributed by atoms with Gasteiger partial charge in [0.25, 0.3) is 0 Å². The van der Waals surface area contributed by atoms with Crippen molar-refractivity contribution >= 4 is 35.1 Å². The predicted molar refractivity (Wildman–Crippen MR) is 88.6 cm³/mol. The molecule has 114 valence electrons. The van der Waals surface area contributed by atoms with Gasteiger partial charge in [-0.25, -0.2) is 9.59 Å². The van der Waals surface area contributed by atoms with Gasteiger partial charge >= 0.3 is 12.0 Å². The van der Waals surface area contributed by atoms with Gasteiger partial charge in [0.05, 0.1) is 12.7 Å². The molecule has 0 radical (unpaired) electrons. The van der Waals surface area contributed by atoms with Gasteiger partial charge in [0, 0.05) is 16.3 Å². The Morgan fingerprint density at radius 2 is 1.68 bits per heavy atom. The van der Waals surface area contributed by atoms with Crippen molar-refractivity contribution < 1.29 is 14.3 Å². The monoisotopic (exact) mass is 316 g/mol. The number of anilines is 2. The number of methoxy groups -OCH3 is 1. The van der Waals surface area contributed by atoms with Gasteiger partial charge in [0.1, 0.15) is 0 Å². The number of carbonyl (C=O) groups is 2. The standard InChI is InChI=1S/C16H16N2O3S/c1-21-15(19)11-6-8-12(9-7-11)17-16(20)18-13-4-3-5-14(10-13)22-2/h3-10H,1-2H3,(H2,17,18,20). The third-order valence-corrected chi connectivity index (χ3v) is 3.62. The zero-order chi connectivity index (χ0) is 15.9. The van der Waals surface area contributed by atoms with E-state index in [0.717, 1.165) is 10.6 Å². The summed E-state index contributed by atoms with van der Waals surface area (Å²) in [6.45, 7) is 0. The largest absolute Gasteiger partial charge is 0.465 e. The van der Waals surface area contributed by atoms with E-state index in [1.165, 1.54) is 7.11 Å². The molecule has 2 N–H and O–H groups in total.